The highest BCUT2D eigenvalue weighted by molar-refractivity contribution is 4.97. The highest BCUT2D eigenvalue weighted by atomic mass is 16.5. The van der Waals surface area contributed by atoms with Gasteiger partial charge in [-0.15, -0.1) is 0 Å². The lowest BCUT2D eigenvalue weighted by Gasteiger charge is -2.18. The molecule has 0 spiro atoms. The predicted octanol–water partition coefficient (Wildman–Crippen LogP) is 0.555. The van der Waals surface area contributed by atoms with Crippen LogP contribution in [0, 0.1) is 12.8 Å². The lowest BCUT2D eigenvalue weighted by Crippen LogP contribution is -2.35. The average Bonchev–Trinajstić information content (AvgIpc) is 2.77. The molecule has 0 aromatic carbocycles. The van der Waals surface area contributed by atoms with Crippen molar-refractivity contribution < 1.29 is 4.74 Å². The lowest BCUT2D eigenvalue weighted by atomic mass is 10.00. The minimum atomic E-state index is 0.163. The molecule has 2 unspecified atom stereocenters. The van der Waals surface area contributed by atoms with Gasteiger partial charge < -0.3 is 10.5 Å². The highest BCUT2D eigenvalue weighted by Crippen LogP contribution is 2.16. The van der Waals surface area contributed by atoms with Crippen molar-refractivity contribution in [2.24, 2.45) is 11.7 Å². The lowest BCUT2D eigenvalue weighted by molar-refractivity contribution is 0.178. The van der Waals surface area contributed by atoms with Crippen LogP contribution in [0.3, 0.4) is 0 Å². The second-order valence-corrected chi connectivity index (χ2v) is 3.94. The second kappa shape index (κ2) is 4.11. The molecule has 78 valence electrons. The first-order chi connectivity index (χ1) is 6.77. The van der Waals surface area contributed by atoms with Gasteiger partial charge in [-0.2, -0.15) is 5.10 Å². The number of rotatable bonds is 3. The Labute approximate surface area is 84.0 Å². The number of nitrogens with two attached hydrogens (primary N) is 1. The van der Waals surface area contributed by atoms with E-state index >= 15 is 0 Å². The molecule has 1 aliphatic rings. The predicted molar refractivity (Wildman–Crippen MR) is 53.9 cm³/mol. The SMILES string of the molecule is Cc1ccnn1CC(N)C1CCOC1. The van der Waals surface area contributed by atoms with E-state index in [0.29, 0.717) is 5.92 Å². The van der Waals surface area contributed by atoms with Crippen LogP contribution in [0.1, 0.15) is 12.1 Å². The van der Waals surface area contributed by atoms with E-state index in [1.165, 1.54) is 5.69 Å². The van der Waals surface area contributed by atoms with Gasteiger partial charge in [0.05, 0.1) is 13.2 Å². The smallest absolute Gasteiger partial charge is 0.0567 e. The Morgan fingerprint density at radius 1 is 1.79 bits per heavy atom. The van der Waals surface area contributed by atoms with Crippen LogP contribution in [0.4, 0.5) is 0 Å². The molecule has 1 aliphatic heterocycles. The second-order valence-electron chi connectivity index (χ2n) is 3.94. The van der Waals surface area contributed by atoms with Crippen molar-refractivity contribution in [2.45, 2.75) is 25.9 Å². The quantitative estimate of drug-likeness (QED) is 0.766. The maximum atomic E-state index is 6.10. The van der Waals surface area contributed by atoms with Gasteiger partial charge in [0.15, 0.2) is 0 Å². The molecule has 1 fully saturated rings. The molecule has 14 heavy (non-hydrogen) atoms. The summed E-state index contributed by atoms with van der Waals surface area (Å²) in [7, 11) is 0. The van der Waals surface area contributed by atoms with Gasteiger partial charge in [-0.3, -0.25) is 4.68 Å². The summed E-state index contributed by atoms with van der Waals surface area (Å²) in [4.78, 5) is 0. The molecule has 4 nitrogen and oxygen atoms in total. The summed E-state index contributed by atoms with van der Waals surface area (Å²) in [5.74, 6) is 0.499. The van der Waals surface area contributed by atoms with E-state index in [1.54, 1.807) is 0 Å². The molecule has 0 bridgehead atoms. The van der Waals surface area contributed by atoms with Crippen molar-refractivity contribution >= 4 is 0 Å². The molecule has 2 N–H and O–H groups in total. The van der Waals surface area contributed by atoms with Crippen LogP contribution in [0.15, 0.2) is 12.3 Å². The van der Waals surface area contributed by atoms with Crippen molar-refractivity contribution in [3.8, 4) is 0 Å². The van der Waals surface area contributed by atoms with Gasteiger partial charge in [0.25, 0.3) is 0 Å². The topological polar surface area (TPSA) is 53.1 Å². The van der Waals surface area contributed by atoms with Gasteiger partial charge in [-0.25, -0.2) is 0 Å². The largest absolute Gasteiger partial charge is 0.381 e. The third-order valence-corrected chi connectivity index (χ3v) is 2.88. The van der Waals surface area contributed by atoms with Gasteiger partial charge >= 0.3 is 0 Å². The van der Waals surface area contributed by atoms with Crippen molar-refractivity contribution in [3.05, 3.63) is 18.0 Å². The zero-order valence-electron chi connectivity index (χ0n) is 8.52. The number of nitrogens with zero attached hydrogens (tertiary/aromatic N) is 2. The van der Waals surface area contributed by atoms with Crippen molar-refractivity contribution in [1.82, 2.24) is 9.78 Å². The summed E-state index contributed by atoms with van der Waals surface area (Å²) in [5.41, 5.74) is 7.26. The van der Waals surface area contributed by atoms with Crippen molar-refractivity contribution in [3.63, 3.8) is 0 Å². The molecule has 1 saturated heterocycles. The van der Waals surface area contributed by atoms with E-state index < -0.39 is 0 Å². The number of hydrogen-bond acceptors (Lipinski definition) is 3. The van der Waals surface area contributed by atoms with E-state index in [4.69, 9.17) is 10.5 Å². The molecular formula is C10H17N3O. The summed E-state index contributed by atoms with van der Waals surface area (Å²) < 4.78 is 7.28. The van der Waals surface area contributed by atoms with Gasteiger partial charge in [-0.1, -0.05) is 0 Å². The number of ether oxygens (including phenoxy) is 1. The van der Waals surface area contributed by atoms with E-state index in [9.17, 15) is 0 Å². The number of hydrogen-bond donors (Lipinski definition) is 1. The first kappa shape index (κ1) is 9.68. The first-order valence-corrected chi connectivity index (χ1v) is 5.09. The highest BCUT2D eigenvalue weighted by Gasteiger charge is 2.23. The molecule has 0 radical (unpaired) electrons. The first-order valence-electron chi connectivity index (χ1n) is 5.09. The van der Waals surface area contributed by atoms with Gasteiger partial charge in [0.1, 0.15) is 0 Å². The Hall–Kier alpha value is -0.870. The molecule has 4 heteroatoms. The van der Waals surface area contributed by atoms with Crippen LogP contribution in [0.25, 0.3) is 0 Å². The Kier molecular flexibility index (Phi) is 2.84. The summed E-state index contributed by atoms with van der Waals surface area (Å²) in [6, 6.07) is 2.16. The zero-order chi connectivity index (χ0) is 9.97. The minimum absolute atomic E-state index is 0.163. The Balaban J connectivity index is 1.93. The zero-order valence-corrected chi connectivity index (χ0v) is 8.52. The molecule has 2 heterocycles. The minimum Gasteiger partial charge on any atom is -0.381 e. The van der Waals surface area contributed by atoms with E-state index in [1.807, 2.05) is 23.9 Å². The number of aryl methyl sites for hydroxylation is 1. The molecular weight excluding hydrogens is 178 g/mol. The fraction of sp³-hybridized carbons (Fsp3) is 0.700. The van der Waals surface area contributed by atoms with Crippen LogP contribution in [-0.2, 0) is 11.3 Å². The Morgan fingerprint density at radius 3 is 3.21 bits per heavy atom. The molecule has 0 amide bonds. The van der Waals surface area contributed by atoms with Crippen LogP contribution < -0.4 is 5.73 Å². The van der Waals surface area contributed by atoms with Gasteiger partial charge in [0.2, 0.25) is 0 Å². The molecule has 2 rings (SSSR count). The van der Waals surface area contributed by atoms with Crippen LogP contribution in [0.2, 0.25) is 0 Å². The molecule has 0 saturated carbocycles. The van der Waals surface area contributed by atoms with Crippen molar-refractivity contribution in [1.29, 1.82) is 0 Å². The average molecular weight is 195 g/mol. The number of aromatic nitrogens is 2. The molecule has 1 aromatic heterocycles. The molecule has 1 aromatic rings. The molecule has 0 aliphatic carbocycles. The van der Waals surface area contributed by atoms with Crippen LogP contribution >= 0.6 is 0 Å². The standard InChI is InChI=1S/C10H17N3O/c1-8-2-4-12-13(8)6-10(11)9-3-5-14-7-9/h2,4,9-10H,3,5-7,11H2,1H3. The normalized spacial score (nSPS) is 24.0. The third-order valence-electron chi connectivity index (χ3n) is 2.88. The van der Waals surface area contributed by atoms with E-state index in [-0.39, 0.29) is 6.04 Å². The maximum absolute atomic E-state index is 6.10. The maximum Gasteiger partial charge on any atom is 0.0567 e. The summed E-state index contributed by atoms with van der Waals surface area (Å²) >= 11 is 0. The van der Waals surface area contributed by atoms with E-state index in [0.717, 1.165) is 26.2 Å². The van der Waals surface area contributed by atoms with Crippen LogP contribution in [0.5, 0.6) is 0 Å². The van der Waals surface area contributed by atoms with Crippen LogP contribution in [-0.4, -0.2) is 29.0 Å². The fourth-order valence-corrected chi connectivity index (χ4v) is 1.83. The third kappa shape index (κ3) is 1.96. The van der Waals surface area contributed by atoms with Crippen molar-refractivity contribution in [2.75, 3.05) is 13.2 Å². The van der Waals surface area contributed by atoms with Gasteiger partial charge in [0, 0.05) is 30.5 Å². The Bertz CT molecular complexity index is 291. The fourth-order valence-electron chi connectivity index (χ4n) is 1.83. The van der Waals surface area contributed by atoms with Gasteiger partial charge in [-0.05, 0) is 19.4 Å². The summed E-state index contributed by atoms with van der Waals surface area (Å²) in [6.45, 7) is 4.51. The summed E-state index contributed by atoms with van der Waals surface area (Å²) in [5, 5.41) is 4.22. The van der Waals surface area contributed by atoms with E-state index in [2.05, 4.69) is 5.10 Å². The molecule has 2 atom stereocenters. The summed E-state index contributed by atoms with van der Waals surface area (Å²) in [6.07, 6.45) is 2.90. The monoisotopic (exact) mass is 195 g/mol. The Morgan fingerprint density at radius 2 is 2.64 bits per heavy atom.